The van der Waals surface area contributed by atoms with Crippen LogP contribution in [0.15, 0.2) is 24.3 Å². The van der Waals surface area contributed by atoms with Gasteiger partial charge in [-0.25, -0.2) is 5.48 Å². The Morgan fingerprint density at radius 2 is 2.06 bits per heavy atom. The zero-order valence-electron chi connectivity index (χ0n) is 8.29. The topological polar surface area (TPSA) is 118 Å². The highest BCUT2D eigenvalue weighted by Gasteiger charge is 2.13. The highest BCUT2D eigenvalue weighted by atomic mass is 16.6. The van der Waals surface area contributed by atoms with Gasteiger partial charge in [-0.15, -0.1) is 0 Å². The van der Waals surface area contributed by atoms with Crippen molar-refractivity contribution in [1.29, 1.82) is 0 Å². The number of hydrogen-bond donors (Lipinski definition) is 3. The molecule has 1 aromatic rings. The number of nitrogens with zero attached hydrogens (tertiary/aromatic N) is 1. The molecule has 1 aromatic carbocycles. The number of hydroxylamine groups is 1. The minimum absolute atomic E-state index is 0.0241. The third kappa shape index (κ3) is 3.01. The Morgan fingerprint density at radius 3 is 2.50 bits per heavy atom. The lowest BCUT2D eigenvalue weighted by Crippen LogP contribution is -2.40. The van der Waals surface area contributed by atoms with Crippen molar-refractivity contribution in [1.82, 2.24) is 5.48 Å². The maximum Gasteiger partial charge on any atom is 0.269 e. The number of nitro benzene ring substituents is 1. The molecule has 1 atom stereocenters. The van der Waals surface area contributed by atoms with E-state index in [1.54, 1.807) is 0 Å². The van der Waals surface area contributed by atoms with Crippen LogP contribution in [-0.2, 0) is 11.2 Å². The Morgan fingerprint density at radius 1 is 1.50 bits per heavy atom. The van der Waals surface area contributed by atoms with Gasteiger partial charge in [0.1, 0.15) is 0 Å². The molecule has 0 spiro atoms. The molecule has 0 aliphatic carbocycles. The number of non-ortho nitro benzene ring substituents is 1. The first-order valence-electron chi connectivity index (χ1n) is 4.47. The van der Waals surface area contributed by atoms with Crippen LogP contribution in [0.5, 0.6) is 0 Å². The number of amides is 1. The molecule has 0 unspecified atom stereocenters. The molecular formula is C9H11N3O4. The van der Waals surface area contributed by atoms with Crippen molar-refractivity contribution in [2.75, 3.05) is 0 Å². The SMILES string of the molecule is N[C@@H](Cc1ccc([N+](=O)[O-])cc1)C(=O)NO. The van der Waals surface area contributed by atoms with Gasteiger partial charge in [-0.1, -0.05) is 12.1 Å². The van der Waals surface area contributed by atoms with E-state index in [1.807, 2.05) is 0 Å². The molecule has 0 aromatic heterocycles. The number of nitrogens with two attached hydrogens (primary N) is 1. The number of nitrogens with one attached hydrogen (secondary N) is 1. The molecule has 4 N–H and O–H groups in total. The molecule has 16 heavy (non-hydrogen) atoms. The van der Waals surface area contributed by atoms with Gasteiger partial charge in [0.25, 0.3) is 11.6 Å². The summed E-state index contributed by atoms with van der Waals surface area (Å²) in [5.41, 5.74) is 7.55. The maximum absolute atomic E-state index is 10.9. The Labute approximate surface area is 91.0 Å². The number of nitro groups is 1. The fraction of sp³-hybridized carbons (Fsp3) is 0.222. The van der Waals surface area contributed by atoms with Crippen LogP contribution in [0, 0.1) is 10.1 Å². The average Bonchev–Trinajstić information content (AvgIpc) is 2.28. The lowest BCUT2D eigenvalue weighted by atomic mass is 10.1. The average molecular weight is 225 g/mol. The summed E-state index contributed by atoms with van der Waals surface area (Å²) in [6.07, 6.45) is 0.199. The van der Waals surface area contributed by atoms with E-state index in [9.17, 15) is 14.9 Å². The zero-order chi connectivity index (χ0) is 12.1. The second-order valence-corrected chi connectivity index (χ2v) is 3.21. The van der Waals surface area contributed by atoms with E-state index in [4.69, 9.17) is 10.9 Å². The van der Waals surface area contributed by atoms with E-state index in [0.29, 0.717) is 5.56 Å². The summed E-state index contributed by atoms with van der Waals surface area (Å²) in [7, 11) is 0. The molecule has 0 saturated heterocycles. The number of carbonyl (C=O) groups excluding carboxylic acids is 1. The van der Waals surface area contributed by atoms with E-state index in [0.717, 1.165) is 0 Å². The second kappa shape index (κ2) is 5.19. The van der Waals surface area contributed by atoms with Gasteiger partial charge >= 0.3 is 0 Å². The smallest absolute Gasteiger partial charge is 0.269 e. The highest BCUT2D eigenvalue weighted by Crippen LogP contribution is 2.12. The molecule has 0 saturated carbocycles. The van der Waals surface area contributed by atoms with Crippen molar-refractivity contribution in [3.8, 4) is 0 Å². The first-order chi connectivity index (χ1) is 7.54. The van der Waals surface area contributed by atoms with E-state index in [1.165, 1.54) is 29.7 Å². The van der Waals surface area contributed by atoms with Crippen LogP contribution < -0.4 is 11.2 Å². The number of benzene rings is 1. The van der Waals surface area contributed by atoms with Gasteiger partial charge in [0, 0.05) is 12.1 Å². The molecule has 7 heteroatoms. The molecule has 1 amide bonds. The van der Waals surface area contributed by atoms with Crippen molar-refractivity contribution in [3.63, 3.8) is 0 Å². The van der Waals surface area contributed by atoms with Gasteiger partial charge in [-0.05, 0) is 12.0 Å². The first-order valence-corrected chi connectivity index (χ1v) is 4.47. The van der Waals surface area contributed by atoms with Crippen molar-refractivity contribution in [2.24, 2.45) is 5.73 Å². The minimum Gasteiger partial charge on any atom is -0.320 e. The Kier molecular flexibility index (Phi) is 3.92. The fourth-order valence-electron chi connectivity index (χ4n) is 1.18. The van der Waals surface area contributed by atoms with E-state index in [-0.39, 0.29) is 12.1 Å². The zero-order valence-corrected chi connectivity index (χ0v) is 8.29. The van der Waals surface area contributed by atoms with Crippen molar-refractivity contribution >= 4 is 11.6 Å². The lowest BCUT2D eigenvalue weighted by molar-refractivity contribution is -0.384. The predicted octanol–water partition coefficient (Wildman–Crippen LogP) is -0.0300. The van der Waals surface area contributed by atoms with Crippen LogP contribution in [0.2, 0.25) is 0 Å². The fourth-order valence-corrected chi connectivity index (χ4v) is 1.18. The summed E-state index contributed by atoms with van der Waals surface area (Å²) in [5.74, 6) is -0.696. The lowest BCUT2D eigenvalue weighted by Gasteiger charge is -2.08. The summed E-state index contributed by atoms with van der Waals surface area (Å²) in [4.78, 5) is 20.8. The van der Waals surface area contributed by atoms with Crippen molar-refractivity contribution in [2.45, 2.75) is 12.5 Å². The van der Waals surface area contributed by atoms with Crippen LogP contribution in [-0.4, -0.2) is 22.1 Å². The highest BCUT2D eigenvalue weighted by molar-refractivity contribution is 5.80. The van der Waals surface area contributed by atoms with E-state index >= 15 is 0 Å². The van der Waals surface area contributed by atoms with Gasteiger partial charge in [-0.2, -0.15) is 0 Å². The van der Waals surface area contributed by atoms with Gasteiger partial charge < -0.3 is 5.73 Å². The Balaban J connectivity index is 2.68. The molecule has 0 radical (unpaired) electrons. The largest absolute Gasteiger partial charge is 0.320 e. The van der Waals surface area contributed by atoms with Gasteiger partial charge in [0.15, 0.2) is 0 Å². The Hall–Kier alpha value is -1.99. The van der Waals surface area contributed by atoms with E-state index < -0.39 is 16.9 Å². The van der Waals surface area contributed by atoms with Crippen LogP contribution >= 0.6 is 0 Å². The van der Waals surface area contributed by atoms with Crippen LogP contribution in [0.3, 0.4) is 0 Å². The quantitative estimate of drug-likeness (QED) is 0.377. The molecule has 0 aliphatic rings. The van der Waals surface area contributed by atoms with Crippen molar-refractivity contribution < 1.29 is 14.9 Å². The second-order valence-electron chi connectivity index (χ2n) is 3.21. The third-order valence-corrected chi connectivity index (χ3v) is 2.05. The monoisotopic (exact) mass is 225 g/mol. The summed E-state index contributed by atoms with van der Waals surface area (Å²) in [6.45, 7) is 0. The number of carbonyl (C=O) groups is 1. The predicted molar refractivity (Wildman–Crippen MR) is 54.7 cm³/mol. The molecule has 86 valence electrons. The van der Waals surface area contributed by atoms with E-state index in [2.05, 4.69) is 0 Å². The van der Waals surface area contributed by atoms with Gasteiger partial charge in [0.2, 0.25) is 0 Å². The molecule has 0 bridgehead atoms. The van der Waals surface area contributed by atoms with Crippen LogP contribution in [0.25, 0.3) is 0 Å². The molecule has 7 nitrogen and oxygen atoms in total. The van der Waals surface area contributed by atoms with Crippen molar-refractivity contribution in [3.05, 3.63) is 39.9 Å². The summed E-state index contributed by atoms with van der Waals surface area (Å²) >= 11 is 0. The Bertz CT molecular complexity index is 390. The standard InChI is InChI=1S/C9H11N3O4/c10-8(9(13)11-14)5-6-1-3-7(4-2-6)12(15)16/h1-4,8,14H,5,10H2,(H,11,13)/t8-/m0/s1. The number of hydrogen-bond acceptors (Lipinski definition) is 5. The number of rotatable bonds is 4. The molecule has 0 fully saturated rings. The molecule has 1 rings (SSSR count). The van der Waals surface area contributed by atoms with Gasteiger partial charge in [0.05, 0.1) is 11.0 Å². The normalized spacial score (nSPS) is 11.9. The van der Waals surface area contributed by atoms with Crippen LogP contribution in [0.1, 0.15) is 5.56 Å². The van der Waals surface area contributed by atoms with Crippen LogP contribution in [0.4, 0.5) is 5.69 Å². The van der Waals surface area contributed by atoms with Gasteiger partial charge in [-0.3, -0.25) is 20.1 Å². The molecule has 0 heterocycles. The summed E-state index contributed by atoms with van der Waals surface area (Å²) in [6, 6.07) is 4.81. The molecule has 0 aliphatic heterocycles. The third-order valence-electron chi connectivity index (χ3n) is 2.05. The summed E-state index contributed by atoms with van der Waals surface area (Å²) < 4.78 is 0. The summed E-state index contributed by atoms with van der Waals surface area (Å²) in [5, 5.41) is 18.7. The molecular weight excluding hydrogens is 214 g/mol. The first kappa shape index (κ1) is 12.1. The minimum atomic E-state index is -0.883. The maximum atomic E-state index is 10.9.